The Labute approximate surface area is 235 Å². The number of hydrogen-bond donors (Lipinski definition) is 1. The zero-order valence-electron chi connectivity index (χ0n) is 21.9. The molecule has 0 aromatic heterocycles. The quantitative estimate of drug-likeness (QED) is 0.186. The minimum Gasteiger partial charge on any atom is -0.488 e. The number of halogens is 3. The number of hydrogen-bond acceptors (Lipinski definition) is 5. The Balaban J connectivity index is 1.54. The van der Waals surface area contributed by atoms with Gasteiger partial charge in [0, 0.05) is 5.56 Å². The van der Waals surface area contributed by atoms with Crippen molar-refractivity contribution in [1.82, 2.24) is 5.43 Å². The molecule has 7 nitrogen and oxygen atoms in total. The molecule has 0 bridgehead atoms. The van der Waals surface area contributed by atoms with Crippen LogP contribution in [0.3, 0.4) is 0 Å². The van der Waals surface area contributed by atoms with Crippen LogP contribution in [0.1, 0.15) is 22.3 Å². The van der Waals surface area contributed by atoms with Crippen molar-refractivity contribution in [2.45, 2.75) is 24.6 Å². The van der Waals surface area contributed by atoms with E-state index in [0.29, 0.717) is 28.3 Å². The van der Waals surface area contributed by atoms with Crippen molar-refractivity contribution in [3.05, 3.63) is 125 Å². The molecule has 0 fully saturated rings. The van der Waals surface area contributed by atoms with E-state index in [0.717, 1.165) is 23.3 Å². The Kier molecular flexibility index (Phi) is 9.08. The molecule has 0 atom stereocenters. The van der Waals surface area contributed by atoms with E-state index in [1.165, 1.54) is 24.4 Å². The molecule has 0 saturated heterocycles. The van der Waals surface area contributed by atoms with Gasteiger partial charge in [-0.3, -0.25) is 9.10 Å². The summed E-state index contributed by atoms with van der Waals surface area (Å²) in [5.41, 5.74) is 3.17. The van der Waals surface area contributed by atoms with Crippen LogP contribution in [-0.2, 0) is 27.6 Å². The minimum atomic E-state index is -4.71. The summed E-state index contributed by atoms with van der Waals surface area (Å²) < 4.78 is 73.6. The number of anilines is 1. The molecule has 4 aromatic rings. The SMILES string of the molecule is Cc1ccc(S(=O)(=O)N(CC(=O)N/N=C\c2ccccc2OCc2ccccc2)c2cccc(C(F)(F)F)c2)cc1. The van der Waals surface area contributed by atoms with Crippen LogP contribution in [0.4, 0.5) is 18.9 Å². The lowest BCUT2D eigenvalue weighted by molar-refractivity contribution is -0.137. The Bertz CT molecular complexity index is 1630. The summed E-state index contributed by atoms with van der Waals surface area (Å²) in [6.07, 6.45) is -3.38. The highest BCUT2D eigenvalue weighted by Crippen LogP contribution is 2.33. The summed E-state index contributed by atoms with van der Waals surface area (Å²) in [5, 5.41) is 3.92. The molecule has 0 aliphatic rings. The third-order valence-corrected chi connectivity index (χ3v) is 7.69. The van der Waals surface area contributed by atoms with Crippen LogP contribution in [0.25, 0.3) is 0 Å². The Morgan fingerprint density at radius 3 is 2.32 bits per heavy atom. The molecule has 0 aliphatic carbocycles. The van der Waals surface area contributed by atoms with Crippen molar-refractivity contribution >= 4 is 27.8 Å². The third-order valence-electron chi connectivity index (χ3n) is 5.91. The van der Waals surface area contributed by atoms with Crippen LogP contribution < -0.4 is 14.5 Å². The van der Waals surface area contributed by atoms with Gasteiger partial charge in [0.05, 0.1) is 22.4 Å². The van der Waals surface area contributed by atoms with Crippen LogP contribution in [0, 0.1) is 6.92 Å². The van der Waals surface area contributed by atoms with E-state index in [1.807, 2.05) is 30.3 Å². The number of nitrogens with zero attached hydrogens (tertiary/aromatic N) is 2. The van der Waals surface area contributed by atoms with E-state index in [-0.39, 0.29) is 10.6 Å². The lowest BCUT2D eigenvalue weighted by atomic mass is 10.2. The highest BCUT2D eigenvalue weighted by molar-refractivity contribution is 7.92. The summed E-state index contributed by atoms with van der Waals surface area (Å²) in [5.74, 6) is -0.362. The van der Waals surface area contributed by atoms with Crippen LogP contribution >= 0.6 is 0 Å². The van der Waals surface area contributed by atoms with Gasteiger partial charge < -0.3 is 4.74 Å². The number of alkyl halides is 3. The number of carbonyl (C=O) groups excluding carboxylic acids is 1. The van der Waals surface area contributed by atoms with Gasteiger partial charge in [-0.2, -0.15) is 18.3 Å². The first kappa shape index (κ1) is 29.3. The first-order chi connectivity index (χ1) is 19.5. The molecule has 212 valence electrons. The molecule has 0 heterocycles. The second kappa shape index (κ2) is 12.7. The number of nitrogens with one attached hydrogen (secondary N) is 1. The molecular formula is C30H26F3N3O4S. The standard InChI is InChI=1S/C30H26F3N3O4S/c1-22-14-16-27(17-15-22)41(38,39)36(26-12-7-11-25(18-26)30(31,32)33)20-29(37)35-34-19-24-10-5-6-13-28(24)40-21-23-8-3-2-4-9-23/h2-19H,20-21H2,1H3,(H,35,37)/b34-19-. The molecule has 0 unspecified atom stereocenters. The molecule has 0 radical (unpaired) electrons. The van der Waals surface area contributed by atoms with Crippen molar-refractivity contribution in [2.24, 2.45) is 5.10 Å². The van der Waals surface area contributed by atoms with Gasteiger partial charge in [0.15, 0.2) is 0 Å². The van der Waals surface area contributed by atoms with Crippen LogP contribution in [-0.4, -0.2) is 27.1 Å². The maximum atomic E-state index is 13.5. The average molecular weight is 582 g/mol. The van der Waals surface area contributed by atoms with E-state index in [9.17, 15) is 26.4 Å². The van der Waals surface area contributed by atoms with Gasteiger partial charge in [-0.15, -0.1) is 0 Å². The zero-order chi connectivity index (χ0) is 29.5. The molecule has 1 N–H and O–H groups in total. The molecule has 0 aliphatic heterocycles. The summed E-state index contributed by atoms with van der Waals surface area (Å²) in [4.78, 5) is 12.7. The lowest BCUT2D eigenvalue weighted by Crippen LogP contribution is -2.39. The fourth-order valence-corrected chi connectivity index (χ4v) is 5.20. The number of carbonyl (C=O) groups is 1. The third kappa shape index (κ3) is 7.73. The molecule has 4 aromatic carbocycles. The minimum absolute atomic E-state index is 0.179. The highest BCUT2D eigenvalue weighted by atomic mass is 32.2. The Morgan fingerprint density at radius 1 is 0.927 bits per heavy atom. The maximum absolute atomic E-state index is 13.5. The van der Waals surface area contributed by atoms with Crippen molar-refractivity contribution < 1.29 is 31.1 Å². The number of sulfonamides is 1. The van der Waals surface area contributed by atoms with Crippen LogP contribution in [0.5, 0.6) is 5.75 Å². The number of rotatable bonds is 10. The molecular weight excluding hydrogens is 555 g/mol. The largest absolute Gasteiger partial charge is 0.488 e. The van der Waals surface area contributed by atoms with Gasteiger partial charge >= 0.3 is 6.18 Å². The average Bonchev–Trinajstić information content (AvgIpc) is 2.96. The number of benzene rings is 4. The smallest absolute Gasteiger partial charge is 0.416 e. The maximum Gasteiger partial charge on any atom is 0.416 e. The van der Waals surface area contributed by atoms with Gasteiger partial charge in [-0.1, -0.05) is 66.2 Å². The van der Waals surface area contributed by atoms with E-state index >= 15 is 0 Å². The number of aryl methyl sites for hydroxylation is 1. The summed E-state index contributed by atoms with van der Waals surface area (Å²) in [7, 11) is -4.41. The normalized spacial score (nSPS) is 11.8. The van der Waals surface area contributed by atoms with Gasteiger partial charge in [0.1, 0.15) is 18.9 Å². The summed E-state index contributed by atoms with van der Waals surface area (Å²) in [6, 6.07) is 26.0. The number of amides is 1. The van der Waals surface area contributed by atoms with Gasteiger partial charge in [0.25, 0.3) is 15.9 Å². The number of hydrazone groups is 1. The van der Waals surface area contributed by atoms with E-state index in [2.05, 4.69) is 10.5 Å². The van der Waals surface area contributed by atoms with Gasteiger partial charge in [-0.25, -0.2) is 13.8 Å². The van der Waals surface area contributed by atoms with Crippen molar-refractivity contribution in [2.75, 3.05) is 10.8 Å². The first-order valence-electron chi connectivity index (χ1n) is 12.4. The molecule has 1 amide bonds. The van der Waals surface area contributed by atoms with Gasteiger partial charge in [-0.05, 0) is 55.0 Å². The Morgan fingerprint density at radius 2 is 1.61 bits per heavy atom. The number of para-hydroxylation sites is 1. The monoisotopic (exact) mass is 581 g/mol. The number of ether oxygens (including phenoxy) is 1. The van der Waals surface area contributed by atoms with Crippen LogP contribution in [0.2, 0.25) is 0 Å². The van der Waals surface area contributed by atoms with Crippen molar-refractivity contribution in [3.63, 3.8) is 0 Å². The van der Waals surface area contributed by atoms with E-state index in [1.54, 1.807) is 43.3 Å². The fourth-order valence-electron chi connectivity index (χ4n) is 3.78. The van der Waals surface area contributed by atoms with Crippen LogP contribution in [0.15, 0.2) is 113 Å². The predicted molar refractivity (Wildman–Crippen MR) is 150 cm³/mol. The first-order valence-corrected chi connectivity index (χ1v) is 13.8. The molecule has 41 heavy (non-hydrogen) atoms. The summed E-state index contributed by atoms with van der Waals surface area (Å²) in [6.45, 7) is 1.25. The van der Waals surface area contributed by atoms with E-state index < -0.39 is 34.2 Å². The van der Waals surface area contributed by atoms with Gasteiger partial charge in [0.2, 0.25) is 0 Å². The zero-order valence-corrected chi connectivity index (χ0v) is 22.7. The predicted octanol–water partition coefficient (Wildman–Crippen LogP) is 5.94. The molecule has 0 saturated carbocycles. The lowest BCUT2D eigenvalue weighted by Gasteiger charge is -2.24. The van der Waals surface area contributed by atoms with Crippen molar-refractivity contribution in [3.8, 4) is 5.75 Å². The Hall–Kier alpha value is -4.64. The topological polar surface area (TPSA) is 88.1 Å². The molecule has 11 heteroatoms. The summed E-state index contributed by atoms with van der Waals surface area (Å²) >= 11 is 0. The fraction of sp³-hybridized carbons (Fsp3) is 0.133. The van der Waals surface area contributed by atoms with Crippen molar-refractivity contribution in [1.29, 1.82) is 0 Å². The highest BCUT2D eigenvalue weighted by Gasteiger charge is 2.33. The molecule has 0 spiro atoms. The van der Waals surface area contributed by atoms with E-state index in [4.69, 9.17) is 4.74 Å². The second-order valence-electron chi connectivity index (χ2n) is 8.98. The second-order valence-corrected chi connectivity index (χ2v) is 10.8. The molecule has 4 rings (SSSR count).